The molecule has 26 heavy (non-hydrogen) atoms. The average Bonchev–Trinajstić information content (AvgIpc) is 2.84. The molecule has 2 aliphatic rings. The lowest BCUT2D eigenvalue weighted by Crippen LogP contribution is -2.53. The van der Waals surface area contributed by atoms with Gasteiger partial charge in [0.1, 0.15) is 5.75 Å². The highest BCUT2D eigenvalue weighted by Crippen LogP contribution is 2.38. The molecule has 1 aliphatic carbocycles. The molecule has 0 bridgehead atoms. The minimum absolute atomic E-state index is 0.0307. The van der Waals surface area contributed by atoms with Crippen LogP contribution in [0.5, 0.6) is 5.75 Å². The van der Waals surface area contributed by atoms with Gasteiger partial charge in [-0.2, -0.15) is 0 Å². The standard InChI is InChI=1S/C21H30N2O3/c1-15-10-11-18-17(14-15)23(20(25)21(2,3)26-18)13-12-19(24)22-16-8-6-4-5-7-9-16/h10-11,14,16H,4-9,12-13H2,1-3H3,(H,22,24). The van der Waals surface area contributed by atoms with Gasteiger partial charge in [0.25, 0.3) is 5.91 Å². The predicted octanol–water partition coefficient (Wildman–Crippen LogP) is 3.73. The number of carbonyl (C=O) groups excluding carboxylic acids is 2. The summed E-state index contributed by atoms with van der Waals surface area (Å²) in [6.07, 6.45) is 7.35. The van der Waals surface area contributed by atoms with Crippen LogP contribution in [-0.2, 0) is 9.59 Å². The van der Waals surface area contributed by atoms with Crippen LogP contribution in [0.3, 0.4) is 0 Å². The average molecular weight is 358 g/mol. The van der Waals surface area contributed by atoms with Gasteiger partial charge >= 0.3 is 0 Å². The van der Waals surface area contributed by atoms with Gasteiger partial charge in [0, 0.05) is 19.0 Å². The van der Waals surface area contributed by atoms with Crippen LogP contribution in [0.1, 0.15) is 64.4 Å². The second kappa shape index (κ2) is 7.68. The van der Waals surface area contributed by atoms with Crippen LogP contribution in [0.2, 0.25) is 0 Å². The molecule has 1 N–H and O–H groups in total. The Labute approximate surface area is 156 Å². The largest absolute Gasteiger partial charge is 0.476 e. The lowest BCUT2D eigenvalue weighted by atomic mass is 10.0. The number of rotatable bonds is 4. The summed E-state index contributed by atoms with van der Waals surface area (Å²) in [4.78, 5) is 27.0. The van der Waals surface area contributed by atoms with E-state index < -0.39 is 5.60 Å². The van der Waals surface area contributed by atoms with Crippen molar-refractivity contribution in [3.63, 3.8) is 0 Å². The maximum absolute atomic E-state index is 12.8. The summed E-state index contributed by atoms with van der Waals surface area (Å²) in [5, 5.41) is 3.16. The van der Waals surface area contributed by atoms with Crippen molar-refractivity contribution in [3.05, 3.63) is 23.8 Å². The topological polar surface area (TPSA) is 58.6 Å². The van der Waals surface area contributed by atoms with Crippen LogP contribution in [0.25, 0.3) is 0 Å². The first-order valence-electron chi connectivity index (χ1n) is 9.78. The van der Waals surface area contributed by atoms with Crippen LogP contribution < -0.4 is 15.0 Å². The summed E-state index contributed by atoms with van der Waals surface area (Å²) >= 11 is 0. The molecule has 1 fully saturated rings. The van der Waals surface area contributed by atoms with Gasteiger partial charge < -0.3 is 15.0 Å². The number of hydrogen-bond donors (Lipinski definition) is 1. The molecule has 142 valence electrons. The zero-order chi connectivity index (χ0) is 18.7. The minimum Gasteiger partial charge on any atom is -0.476 e. The summed E-state index contributed by atoms with van der Waals surface area (Å²) in [6.45, 7) is 5.91. The molecule has 0 radical (unpaired) electrons. The summed E-state index contributed by atoms with van der Waals surface area (Å²) in [5.41, 5.74) is 0.907. The number of ether oxygens (including phenoxy) is 1. The van der Waals surface area contributed by atoms with E-state index >= 15 is 0 Å². The molecule has 0 spiro atoms. The first-order chi connectivity index (χ1) is 12.4. The van der Waals surface area contributed by atoms with Crippen molar-refractivity contribution in [1.29, 1.82) is 0 Å². The second-order valence-corrected chi connectivity index (χ2v) is 8.05. The van der Waals surface area contributed by atoms with Gasteiger partial charge in [-0.25, -0.2) is 0 Å². The van der Waals surface area contributed by atoms with Crippen molar-refractivity contribution < 1.29 is 14.3 Å². The smallest absolute Gasteiger partial charge is 0.270 e. The first kappa shape index (κ1) is 18.7. The Hall–Kier alpha value is -2.04. The normalized spacial score (nSPS) is 20.1. The number of carbonyl (C=O) groups is 2. The molecular weight excluding hydrogens is 328 g/mol. The fraction of sp³-hybridized carbons (Fsp3) is 0.619. The zero-order valence-electron chi connectivity index (χ0n) is 16.1. The van der Waals surface area contributed by atoms with Crippen molar-refractivity contribution in [2.24, 2.45) is 0 Å². The lowest BCUT2D eigenvalue weighted by Gasteiger charge is -2.39. The monoisotopic (exact) mass is 358 g/mol. The molecule has 1 aromatic carbocycles. The highest BCUT2D eigenvalue weighted by molar-refractivity contribution is 6.02. The van der Waals surface area contributed by atoms with Crippen LogP contribution in [0.15, 0.2) is 18.2 Å². The number of fused-ring (bicyclic) bond motifs is 1. The molecule has 0 atom stereocenters. The number of hydrogen-bond acceptors (Lipinski definition) is 3. The Morgan fingerprint density at radius 2 is 1.92 bits per heavy atom. The number of nitrogens with one attached hydrogen (secondary N) is 1. The van der Waals surface area contributed by atoms with Crippen molar-refractivity contribution in [3.8, 4) is 5.75 Å². The van der Waals surface area contributed by atoms with Gasteiger partial charge in [0.05, 0.1) is 5.69 Å². The van der Waals surface area contributed by atoms with E-state index in [1.165, 1.54) is 25.7 Å². The number of aryl methyl sites for hydroxylation is 1. The second-order valence-electron chi connectivity index (χ2n) is 8.05. The highest BCUT2D eigenvalue weighted by Gasteiger charge is 2.40. The van der Waals surface area contributed by atoms with Crippen LogP contribution >= 0.6 is 0 Å². The van der Waals surface area contributed by atoms with Gasteiger partial charge in [-0.3, -0.25) is 9.59 Å². The van der Waals surface area contributed by atoms with Crippen LogP contribution in [-0.4, -0.2) is 30.0 Å². The third-order valence-electron chi connectivity index (χ3n) is 5.31. The number of anilines is 1. The van der Waals surface area contributed by atoms with E-state index in [2.05, 4.69) is 5.32 Å². The quantitative estimate of drug-likeness (QED) is 0.835. The molecule has 0 saturated heterocycles. The SMILES string of the molecule is Cc1ccc2c(c1)N(CCC(=O)NC1CCCCCC1)C(=O)C(C)(C)O2. The fourth-order valence-electron chi connectivity index (χ4n) is 3.84. The van der Waals surface area contributed by atoms with Gasteiger partial charge in [-0.05, 0) is 51.3 Å². The van der Waals surface area contributed by atoms with Gasteiger partial charge in [-0.15, -0.1) is 0 Å². The summed E-state index contributed by atoms with van der Waals surface area (Å²) in [7, 11) is 0. The van der Waals surface area contributed by atoms with Gasteiger partial charge in [0.2, 0.25) is 5.91 Å². The van der Waals surface area contributed by atoms with E-state index in [1.807, 2.05) is 25.1 Å². The molecule has 1 saturated carbocycles. The maximum Gasteiger partial charge on any atom is 0.270 e. The molecule has 1 heterocycles. The molecule has 3 rings (SSSR count). The number of amides is 2. The molecule has 1 aliphatic heterocycles. The summed E-state index contributed by atoms with van der Waals surface area (Å²) < 4.78 is 5.87. The van der Waals surface area contributed by atoms with Gasteiger partial charge in [-0.1, -0.05) is 31.7 Å². The van der Waals surface area contributed by atoms with Crippen LogP contribution in [0.4, 0.5) is 5.69 Å². The third-order valence-corrected chi connectivity index (χ3v) is 5.31. The van der Waals surface area contributed by atoms with Crippen molar-refractivity contribution in [1.82, 2.24) is 5.32 Å². The van der Waals surface area contributed by atoms with Crippen molar-refractivity contribution in [2.75, 3.05) is 11.4 Å². The molecule has 0 unspecified atom stereocenters. The molecule has 0 aromatic heterocycles. The molecule has 5 heteroatoms. The molecular formula is C21H30N2O3. The lowest BCUT2D eigenvalue weighted by molar-refractivity contribution is -0.132. The van der Waals surface area contributed by atoms with Crippen molar-refractivity contribution in [2.45, 2.75) is 77.4 Å². The Morgan fingerprint density at radius 3 is 2.62 bits per heavy atom. The summed E-state index contributed by atoms with van der Waals surface area (Å²) in [5.74, 6) is 0.630. The van der Waals surface area contributed by atoms with E-state index in [0.717, 1.165) is 24.1 Å². The van der Waals surface area contributed by atoms with E-state index in [1.54, 1.807) is 18.7 Å². The predicted molar refractivity (Wildman–Crippen MR) is 102 cm³/mol. The Morgan fingerprint density at radius 1 is 1.23 bits per heavy atom. The Kier molecular flexibility index (Phi) is 5.54. The zero-order valence-corrected chi connectivity index (χ0v) is 16.1. The van der Waals surface area contributed by atoms with Gasteiger partial charge in [0.15, 0.2) is 5.60 Å². The minimum atomic E-state index is -0.917. The van der Waals surface area contributed by atoms with E-state index in [9.17, 15) is 9.59 Å². The fourth-order valence-corrected chi connectivity index (χ4v) is 3.84. The summed E-state index contributed by atoms with van der Waals surface area (Å²) in [6, 6.07) is 6.11. The van der Waals surface area contributed by atoms with E-state index in [0.29, 0.717) is 18.7 Å². The maximum atomic E-state index is 12.8. The Balaban J connectivity index is 1.67. The molecule has 1 aromatic rings. The van der Waals surface area contributed by atoms with E-state index in [-0.39, 0.29) is 17.9 Å². The van der Waals surface area contributed by atoms with Crippen molar-refractivity contribution >= 4 is 17.5 Å². The van der Waals surface area contributed by atoms with E-state index in [4.69, 9.17) is 4.74 Å². The third kappa shape index (κ3) is 4.19. The first-order valence-corrected chi connectivity index (χ1v) is 9.78. The molecule has 2 amide bonds. The highest BCUT2D eigenvalue weighted by atomic mass is 16.5. The Bertz CT molecular complexity index is 676. The number of nitrogens with zero attached hydrogens (tertiary/aromatic N) is 1. The van der Waals surface area contributed by atoms with Crippen LogP contribution in [0, 0.1) is 6.92 Å². The number of benzene rings is 1. The molecule has 5 nitrogen and oxygen atoms in total.